The van der Waals surface area contributed by atoms with Gasteiger partial charge >= 0.3 is 5.97 Å². The standard InChI is InChI=1S/C19H30N6O5/c1-11(26)15(25-16(27)13(20)8-5-9-23-19(21)22)17(28)24-14(18(29)30)10-12-6-3-2-4-7-12/h2-4,6-7,11,13-15,26H,5,8-10,20H2,1H3,(H,24,28)(H,25,27)(H,29,30)(H4,21,22,23)/t11?,13-,14-,15+/m0/s1. The van der Waals surface area contributed by atoms with Crippen LogP contribution >= 0.6 is 0 Å². The van der Waals surface area contributed by atoms with Crippen LogP contribution in [0.4, 0.5) is 0 Å². The maximum atomic E-state index is 12.5. The summed E-state index contributed by atoms with van der Waals surface area (Å²) in [7, 11) is 0. The Morgan fingerprint density at radius 1 is 1.10 bits per heavy atom. The Morgan fingerprint density at radius 2 is 1.73 bits per heavy atom. The molecule has 0 saturated carbocycles. The van der Waals surface area contributed by atoms with Crippen molar-refractivity contribution >= 4 is 23.7 Å². The van der Waals surface area contributed by atoms with Gasteiger partial charge in [-0.25, -0.2) is 4.79 Å². The van der Waals surface area contributed by atoms with Crippen LogP contribution in [0.5, 0.6) is 0 Å². The predicted molar refractivity (Wildman–Crippen MR) is 111 cm³/mol. The first kappa shape index (κ1) is 24.9. The Morgan fingerprint density at radius 3 is 2.27 bits per heavy atom. The molecule has 1 unspecified atom stereocenters. The molecule has 0 aliphatic rings. The van der Waals surface area contributed by atoms with Crippen molar-refractivity contribution in [2.45, 2.75) is 50.4 Å². The van der Waals surface area contributed by atoms with E-state index in [0.29, 0.717) is 18.5 Å². The molecule has 0 saturated heterocycles. The molecule has 0 fully saturated rings. The quantitative estimate of drug-likeness (QED) is 0.114. The number of hydrogen-bond donors (Lipinski definition) is 7. The summed E-state index contributed by atoms with van der Waals surface area (Å²) in [6.45, 7) is 1.60. The van der Waals surface area contributed by atoms with Crippen molar-refractivity contribution in [3.63, 3.8) is 0 Å². The molecule has 0 radical (unpaired) electrons. The number of rotatable bonds is 12. The van der Waals surface area contributed by atoms with Crippen molar-refractivity contribution in [3.8, 4) is 0 Å². The maximum Gasteiger partial charge on any atom is 0.326 e. The first-order valence-corrected chi connectivity index (χ1v) is 9.48. The van der Waals surface area contributed by atoms with Gasteiger partial charge in [0.2, 0.25) is 11.8 Å². The molecule has 1 aromatic carbocycles. The van der Waals surface area contributed by atoms with Gasteiger partial charge in [-0.2, -0.15) is 0 Å². The number of benzene rings is 1. The monoisotopic (exact) mass is 422 g/mol. The van der Waals surface area contributed by atoms with E-state index in [4.69, 9.17) is 17.2 Å². The molecule has 11 heteroatoms. The van der Waals surface area contributed by atoms with Crippen molar-refractivity contribution in [2.75, 3.05) is 6.54 Å². The lowest BCUT2D eigenvalue weighted by molar-refractivity contribution is -0.142. The number of hydrogen-bond acceptors (Lipinski definition) is 6. The predicted octanol–water partition coefficient (Wildman–Crippen LogP) is -1.95. The van der Waals surface area contributed by atoms with Gasteiger partial charge < -0.3 is 38.0 Å². The molecular weight excluding hydrogens is 392 g/mol. The number of aliphatic carboxylic acids is 1. The number of nitrogens with one attached hydrogen (secondary N) is 2. The van der Waals surface area contributed by atoms with E-state index in [-0.39, 0.29) is 18.8 Å². The number of guanidine groups is 1. The Bertz CT molecular complexity index is 736. The van der Waals surface area contributed by atoms with Crippen LogP contribution in [0, 0.1) is 0 Å². The average molecular weight is 422 g/mol. The molecule has 10 N–H and O–H groups in total. The highest BCUT2D eigenvalue weighted by Gasteiger charge is 2.30. The summed E-state index contributed by atoms with van der Waals surface area (Å²) in [6, 6.07) is 5.22. The summed E-state index contributed by atoms with van der Waals surface area (Å²) in [4.78, 5) is 40.1. The number of nitrogens with two attached hydrogens (primary N) is 3. The number of carbonyl (C=O) groups is 3. The van der Waals surface area contributed by atoms with Gasteiger partial charge in [-0.3, -0.25) is 14.6 Å². The van der Waals surface area contributed by atoms with E-state index in [1.807, 2.05) is 0 Å². The minimum Gasteiger partial charge on any atom is -0.480 e. The van der Waals surface area contributed by atoms with Crippen LogP contribution in [0.25, 0.3) is 0 Å². The molecule has 0 aliphatic heterocycles. The molecule has 0 bridgehead atoms. The molecule has 0 aromatic heterocycles. The van der Waals surface area contributed by atoms with Gasteiger partial charge in [0.25, 0.3) is 0 Å². The molecule has 0 aliphatic carbocycles. The normalized spacial score (nSPS) is 14.6. The van der Waals surface area contributed by atoms with E-state index in [1.165, 1.54) is 6.92 Å². The molecule has 1 aromatic rings. The topological polar surface area (TPSA) is 206 Å². The molecule has 4 atom stereocenters. The second-order valence-corrected chi connectivity index (χ2v) is 6.87. The Hall–Kier alpha value is -3.18. The van der Waals surface area contributed by atoms with Crippen LogP contribution in [-0.2, 0) is 20.8 Å². The van der Waals surface area contributed by atoms with Gasteiger partial charge in [0.15, 0.2) is 5.96 Å². The molecule has 11 nitrogen and oxygen atoms in total. The summed E-state index contributed by atoms with van der Waals surface area (Å²) in [5.74, 6) is -2.79. The summed E-state index contributed by atoms with van der Waals surface area (Å²) >= 11 is 0. The van der Waals surface area contributed by atoms with E-state index < -0.39 is 42.0 Å². The number of nitrogens with zero attached hydrogens (tertiary/aromatic N) is 1. The largest absolute Gasteiger partial charge is 0.480 e. The number of amides is 2. The van der Waals surface area contributed by atoms with E-state index in [1.54, 1.807) is 30.3 Å². The third kappa shape index (κ3) is 8.88. The third-order valence-electron chi connectivity index (χ3n) is 4.26. The van der Waals surface area contributed by atoms with E-state index in [2.05, 4.69) is 15.6 Å². The van der Waals surface area contributed by atoms with E-state index >= 15 is 0 Å². The van der Waals surface area contributed by atoms with Crippen LogP contribution in [0.15, 0.2) is 35.3 Å². The summed E-state index contributed by atoms with van der Waals surface area (Å²) in [5.41, 5.74) is 16.9. The van der Waals surface area contributed by atoms with Gasteiger partial charge in [0.05, 0.1) is 12.1 Å². The van der Waals surface area contributed by atoms with Gasteiger partial charge in [0, 0.05) is 13.0 Å². The highest BCUT2D eigenvalue weighted by molar-refractivity contribution is 5.92. The summed E-state index contributed by atoms with van der Waals surface area (Å²) in [5, 5.41) is 24.1. The van der Waals surface area contributed by atoms with Crippen molar-refractivity contribution in [1.29, 1.82) is 0 Å². The smallest absolute Gasteiger partial charge is 0.326 e. The Labute approximate surface area is 174 Å². The number of carboxylic acids is 1. The van der Waals surface area contributed by atoms with Gasteiger partial charge in [0.1, 0.15) is 12.1 Å². The van der Waals surface area contributed by atoms with Gasteiger partial charge in [-0.1, -0.05) is 30.3 Å². The zero-order valence-electron chi connectivity index (χ0n) is 16.8. The van der Waals surface area contributed by atoms with Crippen LogP contribution in [0.3, 0.4) is 0 Å². The first-order chi connectivity index (χ1) is 14.1. The zero-order valence-corrected chi connectivity index (χ0v) is 16.8. The lowest BCUT2D eigenvalue weighted by Crippen LogP contribution is -2.58. The van der Waals surface area contributed by atoms with Crippen LogP contribution in [0.1, 0.15) is 25.3 Å². The lowest BCUT2D eigenvalue weighted by atomic mass is 10.0. The number of carboxylic acid groups (broad SMARTS) is 1. The minimum absolute atomic E-state index is 0.0483. The van der Waals surface area contributed by atoms with Crippen molar-refractivity contribution in [1.82, 2.24) is 10.6 Å². The first-order valence-electron chi connectivity index (χ1n) is 9.48. The molecule has 0 spiro atoms. The lowest BCUT2D eigenvalue weighted by Gasteiger charge is -2.24. The summed E-state index contributed by atoms with van der Waals surface area (Å²) < 4.78 is 0. The maximum absolute atomic E-state index is 12.5. The van der Waals surface area contributed by atoms with Crippen molar-refractivity contribution < 1.29 is 24.6 Å². The number of carbonyl (C=O) groups excluding carboxylic acids is 2. The van der Waals surface area contributed by atoms with E-state index in [0.717, 1.165) is 0 Å². The highest BCUT2D eigenvalue weighted by Crippen LogP contribution is 2.05. The molecule has 2 amide bonds. The Kier molecular flexibility index (Phi) is 10.3. The second kappa shape index (κ2) is 12.4. The van der Waals surface area contributed by atoms with Crippen molar-refractivity contribution in [2.24, 2.45) is 22.2 Å². The zero-order chi connectivity index (χ0) is 22.7. The fourth-order valence-electron chi connectivity index (χ4n) is 2.63. The van der Waals surface area contributed by atoms with E-state index in [9.17, 15) is 24.6 Å². The molecule has 1 rings (SSSR count). The molecule has 166 valence electrons. The van der Waals surface area contributed by atoms with Crippen LogP contribution in [-0.4, -0.2) is 64.7 Å². The third-order valence-corrected chi connectivity index (χ3v) is 4.26. The minimum atomic E-state index is -1.36. The van der Waals surface area contributed by atoms with Crippen LogP contribution in [0.2, 0.25) is 0 Å². The highest BCUT2D eigenvalue weighted by atomic mass is 16.4. The number of aliphatic hydroxyl groups is 1. The summed E-state index contributed by atoms with van der Waals surface area (Å²) in [6.07, 6.45) is -0.528. The molecular formula is C19H30N6O5. The SMILES string of the molecule is CC(O)[C@@H](NC(=O)[C@@H](N)CCCN=C(N)N)C(=O)N[C@@H](Cc1ccccc1)C(=O)O. The van der Waals surface area contributed by atoms with Gasteiger partial charge in [-0.15, -0.1) is 0 Å². The average Bonchev–Trinajstić information content (AvgIpc) is 2.68. The van der Waals surface area contributed by atoms with Crippen molar-refractivity contribution in [3.05, 3.63) is 35.9 Å². The molecule has 0 heterocycles. The Balaban J connectivity index is 2.70. The number of aliphatic imine (C=N–C) groups is 1. The number of aliphatic hydroxyl groups excluding tert-OH is 1. The fraction of sp³-hybridized carbons (Fsp3) is 0.474. The van der Waals surface area contributed by atoms with Crippen LogP contribution < -0.4 is 27.8 Å². The van der Waals surface area contributed by atoms with Gasteiger partial charge in [-0.05, 0) is 25.3 Å². The second-order valence-electron chi connectivity index (χ2n) is 6.87. The molecule has 30 heavy (non-hydrogen) atoms. The fourth-order valence-corrected chi connectivity index (χ4v) is 2.63.